The van der Waals surface area contributed by atoms with Crippen LogP contribution in [0.15, 0.2) is 16.8 Å². The van der Waals surface area contributed by atoms with Crippen molar-refractivity contribution in [2.24, 2.45) is 0 Å². The van der Waals surface area contributed by atoms with Gasteiger partial charge in [-0.05, 0) is 6.07 Å². The molecule has 0 amide bonds. The maximum Gasteiger partial charge on any atom is 0.227 e. The molecule has 0 atom stereocenters. The van der Waals surface area contributed by atoms with Gasteiger partial charge in [-0.3, -0.25) is 4.90 Å². The number of piperazine rings is 1. The van der Waals surface area contributed by atoms with Crippen LogP contribution in [0.1, 0.15) is 11.7 Å². The second-order valence-corrected chi connectivity index (χ2v) is 6.31. The van der Waals surface area contributed by atoms with Gasteiger partial charge in [0.25, 0.3) is 0 Å². The minimum absolute atomic E-state index is 0.616. The Morgan fingerprint density at radius 1 is 1.00 bits per heavy atom. The third-order valence-electron chi connectivity index (χ3n) is 4.55. The molecule has 0 aliphatic carbocycles. The average molecular weight is 345 g/mol. The minimum Gasteiger partial charge on any atom is -0.378 e. The lowest BCUT2D eigenvalue weighted by atomic mass is 10.3. The molecule has 2 aromatic rings. The highest BCUT2D eigenvalue weighted by Crippen LogP contribution is 2.18. The molecule has 4 heterocycles. The number of morpholine rings is 1. The second kappa shape index (κ2) is 7.32. The molecule has 0 spiro atoms. The van der Waals surface area contributed by atoms with E-state index in [9.17, 15) is 0 Å². The molecule has 0 unspecified atom stereocenters. The summed E-state index contributed by atoms with van der Waals surface area (Å²) < 4.78 is 10.4. The Morgan fingerprint density at radius 3 is 2.52 bits per heavy atom. The number of rotatable bonds is 4. The first-order valence-electron chi connectivity index (χ1n) is 8.70. The quantitative estimate of drug-likeness (QED) is 0.778. The third kappa shape index (κ3) is 3.88. The van der Waals surface area contributed by atoms with E-state index in [-0.39, 0.29) is 0 Å². The molecule has 25 heavy (non-hydrogen) atoms. The predicted molar refractivity (Wildman–Crippen MR) is 91.6 cm³/mol. The van der Waals surface area contributed by atoms with Gasteiger partial charge in [-0.1, -0.05) is 5.16 Å². The molecular formula is C16H23N7O2. The molecule has 0 aromatic carbocycles. The van der Waals surface area contributed by atoms with Gasteiger partial charge in [0.15, 0.2) is 5.82 Å². The lowest BCUT2D eigenvalue weighted by Crippen LogP contribution is -2.46. The average Bonchev–Trinajstić information content (AvgIpc) is 3.08. The van der Waals surface area contributed by atoms with Crippen LogP contribution < -0.4 is 9.80 Å². The smallest absolute Gasteiger partial charge is 0.227 e. The lowest BCUT2D eigenvalue weighted by molar-refractivity contribution is 0.122. The molecular weight excluding hydrogens is 322 g/mol. The molecule has 2 fully saturated rings. The van der Waals surface area contributed by atoms with Crippen molar-refractivity contribution in [1.82, 2.24) is 25.0 Å². The van der Waals surface area contributed by atoms with Gasteiger partial charge in [-0.15, -0.1) is 0 Å². The zero-order chi connectivity index (χ0) is 17.1. The number of aromatic nitrogens is 4. The van der Waals surface area contributed by atoms with E-state index >= 15 is 0 Å². The maximum atomic E-state index is 5.40. The molecule has 9 heteroatoms. The van der Waals surface area contributed by atoms with Crippen LogP contribution in [0.25, 0.3) is 0 Å². The van der Waals surface area contributed by atoms with Gasteiger partial charge in [-0.2, -0.15) is 9.97 Å². The summed E-state index contributed by atoms with van der Waals surface area (Å²) in [6, 6.07) is 1.99. The lowest BCUT2D eigenvalue weighted by Gasteiger charge is -2.35. The van der Waals surface area contributed by atoms with Crippen LogP contribution in [0.4, 0.5) is 11.8 Å². The van der Waals surface area contributed by atoms with E-state index in [0.29, 0.717) is 5.89 Å². The van der Waals surface area contributed by atoms with Crippen molar-refractivity contribution in [3.05, 3.63) is 24.0 Å². The van der Waals surface area contributed by atoms with Gasteiger partial charge in [0.2, 0.25) is 11.8 Å². The number of hydrogen-bond donors (Lipinski definition) is 0. The Balaban J connectivity index is 1.35. The van der Waals surface area contributed by atoms with E-state index in [2.05, 4.69) is 29.8 Å². The van der Waals surface area contributed by atoms with Gasteiger partial charge in [0.1, 0.15) is 5.82 Å². The highest BCUT2D eigenvalue weighted by Gasteiger charge is 2.21. The molecule has 2 aliphatic heterocycles. The Bertz CT molecular complexity index is 693. The Kier molecular flexibility index (Phi) is 4.75. The van der Waals surface area contributed by atoms with Crippen LogP contribution in [-0.2, 0) is 11.3 Å². The van der Waals surface area contributed by atoms with Gasteiger partial charge in [0.05, 0.1) is 19.8 Å². The number of nitrogens with zero attached hydrogens (tertiary/aromatic N) is 7. The summed E-state index contributed by atoms with van der Waals surface area (Å²) in [5, 5.41) is 3.97. The largest absolute Gasteiger partial charge is 0.378 e. The Morgan fingerprint density at radius 2 is 1.80 bits per heavy atom. The minimum atomic E-state index is 0.616. The number of ether oxygens (including phenoxy) is 1. The zero-order valence-corrected chi connectivity index (χ0v) is 14.5. The van der Waals surface area contributed by atoms with Crippen molar-refractivity contribution in [2.45, 2.75) is 13.5 Å². The predicted octanol–water partition coefficient (Wildman–Crippen LogP) is 0.327. The standard InChI is InChI=1S/C16H23N7O2/c1-13-18-14(20-25-13)12-21-4-6-22(7-5-21)15-2-3-17-16(19-15)23-8-10-24-11-9-23/h2-3H,4-12H2,1H3. The van der Waals surface area contributed by atoms with Gasteiger partial charge in [0, 0.05) is 52.4 Å². The first kappa shape index (κ1) is 16.2. The topological polar surface area (TPSA) is 83.7 Å². The van der Waals surface area contributed by atoms with Crippen LogP contribution in [0.3, 0.4) is 0 Å². The van der Waals surface area contributed by atoms with Crippen molar-refractivity contribution in [3.63, 3.8) is 0 Å². The molecule has 4 rings (SSSR count). The van der Waals surface area contributed by atoms with Crippen LogP contribution in [0, 0.1) is 6.92 Å². The number of anilines is 2. The summed E-state index contributed by atoms with van der Waals surface area (Å²) in [6.45, 7) is 9.47. The molecule has 9 nitrogen and oxygen atoms in total. The third-order valence-corrected chi connectivity index (χ3v) is 4.55. The molecule has 0 bridgehead atoms. The van der Waals surface area contributed by atoms with Crippen molar-refractivity contribution in [1.29, 1.82) is 0 Å². The molecule has 0 radical (unpaired) electrons. The highest BCUT2D eigenvalue weighted by atomic mass is 16.5. The van der Waals surface area contributed by atoms with Crippen LogP contribution in [0.2, 0.25) is 0 Å². The van der Waals surface area contributed by atoms with E-state index in [0.717, 1.165) is 76.6 Å². The fourth-order valence-corrected chi connectivity index (χ4v) is 3.17. The molecule has 2 saturated heterocycles. The Labute approximate surface area is 146 Å². The molecule has 2 aromatic heterocycles. The van der Waals surface area contributed by atoms with Crippen LogP contribution in [0.5, 0.6) is 0 Å². The molecule has 0 saturated carbocycles. The molecule has 0 N–H and O–H groups in total. The first-order chi connectivity index (χ1) is 12.3. The Hall–Kier alpha value is -2.26. The van der Waals surface area contributed by atoms with E-state index < -0.39 is 0 Å². The normalized spacial score (nSPS) is 19.4. The first-order valence-corrected chi connectivity index (χ1v) is 8.70. The number of aryl methyl sites for hydroxylation is 1. The van der Waals surface area contributed by atoms with Crippen LogP contribution >= 0.6 is 0 Å². The summed E-state index contributed by atoms with van der Waals surface area (Å²) >= 11 is 0. The van der Waals surface area contributed by atoms with Gasteiger partial charge >= 0.3 is 0 Å². The second-order valence-electron chi connectivity index (χ2n) is 6.31. The summed E-state index contributed by atoms with van der Waals surface area (Å²) in [7, 11) is 0. The fraction of sp³-hybridized carbons (Fsp3) is 0.625. The SMILES string of the molecule is Cc1nc(CN2CCN(c3ccnc(N4CCOCC4)n3)CC2)no1. The van der Waals surface area contributed by atoms with E-state index in [1.54, 1.807) is 0 Å². The van der Waals surface area contributed by atoms with Crippen molar-refractivity contribution >= 4 is 11.8 Å². The summed E-state index contributed by atoms with van der Waals surface area (Å²) in [6.07, 6.45) is 1.85. The summed E-state index contributed by atoms with van der Waals surface area (Å²) in [5.41, 5.74) is 0. The summed E-state index contributed by atoms with van der Waals surface area (Å²) in [4.78, 5) is 20.3. The summed E-state index contributed by atoms with van der Waals surface area (Å²) in [5.74, 6) is 3.16. The van der Waals surface area contributed by atoms with Crippen molar-refractivity contribution in [2.75, 3.05) is 62.3 Å². The van der Waals surface area contributed by atoms with Gasteiger partial charge in [-0.25, -0.2) is 4.98 Å². The maximum absolute atomic E-state index is 5.40. The van der Waals surface area contributed by atoms with E-state index in [4.69, 9.17) is 14.2 Å². The van der Waals surface area contributed by atoms with Crippen molar-refractivity contribution < 1.29 is 9.26 Å². The van der Waals surface area contributed by atoms with E-state index in [1.807, 2.05) is 19.2 Å². The van der Waals surface area contributed by atoms with E-state index in [1.165, 1.54) is 0 Å². The number of hydrogen-bond acceptors (Lipinski definition) is 9. The van der Waals surface area contributed by atoms with Gasteiger partial charge < -0.3 is 19.1 Å². The molecule has 134 valence electrons. The zero-order valence-electron chi connectivity index (χ0n) is 14.5. The van der Waals surface area contributed by atoms with Crippen LogP contribution in [-0.4, -0.2) is 77.5 Å². The monoisotopic (exact) mass is 345 g/mol. The fourth-order valence-electron chi connectivity index (χ4n) is 3.17. The molecule has 2 aliphatic rings. The van der Waals surface area contributed by atoms with Crippen molar-refractivity contribution in [3.8, 4) is 0 Å². The highest BCUT2D eigenvalue weighted by molar-refractivity contribution is 5.44.